The largest absolute Gasteiger partial charge is 0.360 e. The van der Waals surface area contributed by atoms with Crippen LogP contribution in [-0.2, 0) is 13.1 Å². The molecule has 21 heavy (non-hydrogen) atoms. The van der Waals surface area contributed by atoms with Crippen molar-refractivity contribution in [3.05, 3.63) is 49.9 Å². The standard InChI is InChI=1S/C13H14BrFN4O2/c1-3-18-13(12(19(20)21)8(2)17-18)16-7-9-6-10(14)4-5-11(9)15/h4-6,16H,3,7H2,1-2H3. The minimum atomic E-state index is -0.478. The second-order valence-electron chi connectivity index (χ2n) is 4.44. The van der Waals surface area contributed by atoms with Crippen LogP contribution in [0.4, 0.5) is 15.9 Å². The van der Waals surface area contributed by atoms with E-state index in [1.54, 1.807) is 19.1 Å². The molecule has 0 saturated carbocycles. The molecular weight excluding hydrogens is 343 g/mol. The fourth-order valence-corrected chi connectivity index (χ4v) is 2.46. The number of nitrogens with one attached hydrogen (secondary N) is 1. The van der Waals surface area contributed by atoms with Crippen LogP contribution in [-0.4, -0.2) is 14.7 Å². The molecule has 1 heterocycles. The lowest BCUT2D eigenvalue weighted by Crippen LogP contribution is -2.09. The van der Waals surface area contributed by atoms with Gasteiger partial charge in [-0.3, -0.25) is 10.1 Å². The van der Waals surface area contributed by atoms with Crippen LogP contribution in [0.15, 0.2) is 22.7 Å². The van der Waals surface area contributed by atoms with Crippen molar-refractivity contribution in [1.29, 1.82) is 0 Å². The zero-order valence-corrected chi connectivity index (χ0v) is 13.1. The van der Waals surface area contributed by atoms with E-state index in [1.165, 1.54) is 10.7 Å². The highest BCUT2D eigenvalue weighted by atomic mass is 79.9. The number of hydrogen-bond donors (Lipinski definition) is 1. The predicted molar refractivity (Wildman–Crippen MR) is 80.7 cm³/mol. The van der Waals surface area contributed by atoms with Gasteiger partial charge in [-0.25, -0.2) is 9.07 Å². The first kappa shape index (κ1) is 15.4. The molecule has 0 spiro atoms. The molecule has 0 saturated heterocycles. The summed E-state index contributed by atoms with van der Waals surface area (Å²) in [5.41, 5.74) is 0.673. The van der Waals surface area contributed by atoms with Crippen LogP contribution in [0.2, 0.25) is 0 Å². The maximum atomic E-state index is 13.7. The van der Waals surface area contributed by atoms with E-state index in [2.05, 4.69) is 26.3 Å². The van der Waals surface area contributed by atoms with Crippen molar-refractivity contribution >= 4 is 27.4 Å². The van der Waals surface area contributed by atoms with Gasteiger partial charge in [0, 0.05) is 23.1 Å². The van der Waals surface area contributed by atoms with Crippen molar-refractivity contribution in [2.45, 2.75) is 26.9 Å². The van der Waals surface area contributed by atoms with Gasteiger partial charge >= 0.3 is 5.69 Å². The Morgan fingerprint density at radius 1 is 1.52 bits per heavy atom. The third-order valence-corrected chi connectivity index (χ3v) is 3.53. The minimum absolute atomic E-state index is 0.0766. The van der Waals surface area contributed by atoms with Crippen molar-refractivity contribution in [1.82, 2.24) is 9.78 Å². The number of nitrogens with zero attached hydrogens (tertiary/aromatic N) is 3. The van der Waals surface area contributed by atoms with Crippen LogP contribution in [0.5, 0.6) is 0 Å². The summed E-state index contributed by atoms with van der Waals surface area (Å²) in [5, 5.41) is 18.2. The van der Waals surface area contributed by atoms with Gasteiger partial charge < -0.3 is 5.32 Å². The van der Waals surface area contributed by atoms with Crippen LogP contribution in [0.3, 0.4) is 0 Å². The summed E-state index contributed by atoms with van der Waals surface area (Å²) >= 11 is 3.27. The number of anilines is 1. The first-order chi connectivity index (χ1) is 9.93. The molecule has 6 nitrogen and oxygen atoms in total. The number of aryl methyl sites for hydroxylation is 2. The maximum absolute atomic E-state index is 13.7. The Kier molecular flexibility index (Phi) is 4.56. The van der Waals surface area contributed by atoms with Crippen LogP contribution in [0, 0.1) is 22.9 Å². The summed E-state index contributed by atoms with van der Waals surface area (Å²) in [6, 6.07) is 4.58. The Morgan fingerprint density at radius 2 is 2.24 bits per heavy atom. The molecule has 2 rings (SSSR count). The van der Waals surface area contributed by atoms with Gasteiger partial charge in [0.1, 0.15) is 11.5 Å². The molecule has 2 aromatic rings. The number of halogens is 2. The third kappa shape index (κ3) is 3.21. The monoisotopic (exact) mass is 356 g/mol. The zero-order valence-electron chi connectivity index (χ0n) is 11.6. The van der Waals surface area contributed by atoms with Gasteiger partial charge in [0.25, 0.3) is 0 Å². The number of aromatic nitrogens is 2. The van der Waals surface area contributed by atoms with Gasteiger partial charge in [-0.2, -0.15) is 5.10 Å². The molecule has 0 atom stereocenters. The molecule has 0 radical (unpaired) electrons. The summed E-state index contributed by atoms with van der Waals surface area (Å²) in [6.45, 7) is 4.03. The lowest BCUT2D eigenvalue weighted by atomic mass is 10.2. The van der Waals surface area contributed by atoms with Gasteiger partial charge in [-0.05, 0) is 32.0 Å². The Labute approximate surface area is 129 Å². The quantitative estimate of drug-likeness (QED) is 0.655. The fourth-order valence-electron chi connectivity index (χ4n) is 2.05. The zero-order chi connectivity index (χ0) is 15.6. The van der Waals surface area contributed by atoms with Gasteiger partial charge in [-0.1, -0.05) is 15.9 Å². The van der Waals surface area contributed by atoms with Crippen molar-refractivity contribution in [2.24, 2.45) is 0 Å². The first-order valence-electron chi connectivity index (χ1n) is 6.33. The SMILES string of the molecule is CCn1nc(C)c([N+](=O)[O-])c1NCc1cc(Br)ccc1F. The molecular formula is C13H14BrFN4O2. The predicted octanol–water partition coefficient (Wildman–Crippen LogP) is 3.63. The lowest BCUT2D eigenvalue weighted by Gasteiger charge is -2.09. The Balaban J connectivity index is 2.31. The van der Waals surface area contributed by atoms with Gasteiger partial charge in [-0.15, -0.1) is 0 Å². The van der Waals surface area contributed by atoms with E-state index in [1.807, 2.05) is 6.92 Å². The highest BCUT2D eigenvalue weighted by molar-refractivity contribution is 9.10. The van der Waals surface area contributed by atoms with Crippen LogP contribution < -0.4 is 5.32 Å². The van der Waals surface area contributed by atoms with Gasteiger partial charge in [0.15, 0.2) is 0 Å². The van der Waals surface area contributed by atoms with E-state index >= 15 is 0 Å². The van der Waals surface area contributed by atoms with Crippen molar-refractivity contribution < 1.29 is 9.31 Å². The molecule has 1 aromatic carbocycles. The van der Waals surface area contributed by atoms with Crippen LogP contribution in [0.1, 0.15) is 18.2 Å². The van der Waals surface area contributed by atoms with Crippen LogP contribution >= 0.6 is 15.9 Å². The Morgan fingerprint density at radius 3 is 2.86 bits per heavy atom. The summed E-state index contributed by atoms with van der Waals surface area (Å²) < 4.78 is 16.0. The first-order valence-corrected chi connectivity index (χ1v) is 7.13. The molecule has 0 amide bonds. The summed E-state index contributed by atoms with van der Waals surface area (Å²) in [7, 11) is 0. The molecule has 0 fully saturated rings. The van der Waals surface area contributed by atoms with E-state index in [9.17, 15) is 14.5 Å². The molecule has 0 aliphatic carbocycles. The average molecular weight is 357 g/mol. The highest BCUT2D eigenvalue weighted by Crippen LogP contribution is 2.29. The van der Waals surface area contributed by atoms with Crippen LogP contribution in [0.25, 0.3) is 0 Å². The molecule has 1 aromatic heterocycles. The second-order valence-corrected chi connectivity index (χ2v) is 5.36. The molecule has 112 valence electrons. The molecule has 0 bridgehead atoms. The van der Waals surface area contributed by atoms with E-state index in [0.717, 1.165) is 4.47 Å². The number of rotatable bonds is 5. The number of benzene rings is 1. The molecule has 8 heteroatoms. The normalized spacial score (nSPS) is 10.7. The van der Waals surface area contributed by atoms with Gasteiger partial charge in [0.05, 0.1) is 4.92 Å². The third-order valence-electron chi connectivity index (χ3n) is 3.03. The average Bonchev–Trinajstić information content (AvgIpc) is 2.75. The van der Waals surface area contributed by atoms with Crippen molar-refractivity contribution in [3.63, 3.8) is 0 Å². The van der Waals surface area contributed by atoms with E-state index in [0.29, 0.717) is 23.6 Å². The van der Waals surface area contributed by atoms with E-state index in [-0.39, 0.29) is 18.0 Å². The summed E-state index contributed by atoms with van der Waals surface area (Å²) in [5.74, 6) is -0.0768. The van der Waals surface area contributed by atoms with E-state index in [4.69, 9.17) is 0 Å². The Bertz CT molecular complexity index is 687. The Hall–Kier alpha value is -1.96. The molecule has 0 aliphatic rings. The summed E-state index contributed by atoms with van der Waals surface area (Å²) in [4.78, 5) is 10.7. The topological polar surface area (TPSA) is 73.0 Å². The molecule has 0 unspecified atom stereocenters. The minimum Gasteiger partial charge on any atom is -0.360 e. The molecule has 0 aliphatic heterocycles. The lowest BCUT2D eigenvalue weighted by molar-refractivity contribution is -0.384. The number of nitro groups is 1. The summed E-state index contributed by atoms with van der Waals surface area (Å²) in [6.07, 6.45) is 0. The van der Waals surface area contributed by atoms with Gasteiger partial charge in [0.2, 0.25) is 5.82 Å². The second kappa shape index (κ2) is 6.21. The van der Waals surface area contributed by atoms with E-state index < -0.39 is 4.92 Å². The number of hydrogen-bond acceptors (Lipinski definition) is 4. The van der Waals surface area contributed by atoms with Crippen molar-refractivity contribution in [3.8, 4) is 0 Å². The highest BCUT2D eigenvalue weighted by Gasteiger charge is 2.24. The molecule has 1 N–H and O–H groups in total. The smallest absolute Gasteiger partial charge is 0.333 e. The maximum Gasteiger partial charge on any atom is 0.333 e. The fraction of sp³-hybridized carbons (Fsp3) is 0.308. The van der Waals surface area contributed by atoms with Crippen molar-refractivity contribution in [2.75, 3.05) is 5.32 Å².